The van der Waals surface area contributed by atoms with Gasteiger partial charge in [-0.05, 0) is 36.2 Å². The van der Waals surface area contributed by atoms with Gasteiger partial charge in [0.25, 0.3) is 0 Å². The van der Waals surface area contributed by atoms with Crippen molar-refractivity contribution in [3.05, 3.63) is 47.9 Å². The number of aromatic nitrogens is 1. The number of halogens is 1. The fourth-order valence-corrected chi connectivity index (χ4v) is 1.71. The van der Waals surface area contributed by atoms with Crippen molar-refractivity contribution in [1.82, 2.24) is 4.98 Å². The monoisotopic (exact) mass is 291 g/mol. The van der Waals surface area contributed by atoms with Crippen molar-refractivity contribution >= 4 is 11.7 Å². The third-order valence-corrected chi connectivity index (χ3v) is 2.81. The van der Waals surface area contributed by atoms with Crippen LogP contribution in [0.5, 0.6) is 11.5 Å². The van der Waals surface area contributed by atoms with Crippen molar-refractivity contribution in [2.24, 2.45) is 5.73 Å². The fourth-order valence-electron chi connectivity index (χ4n) is 1.71. The maximum Gasteiger partial charge on any atom is 0.242 e. The van der Waals surface area contributed by atoms with Crippen molar-refractivity contribution in [3.63, 3.8) is 0 Å². The van der Waals surface area contributed by atoms with Crippen LogP contribution in [0.3, 0.4) is 0 Å². The topological polar surface area (TPSA) is 108 Å². The maximum atomic E-state index is 12.7. The predicted octanol–water partition coefficient (Wildman–Crippen LogP) is 1.14. The predicted molar refractivity (Wildman–Crippen MR) is 74.3 cm³/mol. The first kappa shape index (κ1) is 14.7. The number of rotatable bonds is 4. The summed E-state index contributed by atoms with van der Waals surface area (Å²) in [4.78, 5) is 15.6. The summed E-state index contributed by atoms with van der Waals surface area (Å²) in [6, 6.07) is 5.83. The molecule has 2 rings (SSSR count). The average molecular weight is 291 g/mol. The third kappa shape index (κ3) is 3.90. The van der Waals surface area contributed by atoms with Crippen LogP contribution >= 0.6 is 0 Å². The van der Waals surface area contributed by atoms with E-state index in [1.807, 2.05) is 0 Å². The Kier molecular flexibility index (Phi) is 4.34. The molecular weight excluding hydrogens is 277 g/mol. The number of hydrogen-bond donors (Lipinski definition) is 4. The molecule has 2 aromatic rings. The van der Waals surface area contributed by atoms with E-state index in [4.69, 9.17) is 5.73 Å². The highest BCUT2D eigenvalue weighted by Gasteiger charge is 2.15. The normalized spacial score (nSPS) is 11.9. The minimum Gasteiger partial charge on any atom is -0.504 e. The molecule has 6 nitrogen and oxygen atoms in total. The molecule has 0 aliphatic heterocycles. The lowest BCUT2D eigenvalue weighted by Gasteiger charge is -2.12. The van der Waals surface area contributed by atoms with E-state index in [1.165, 1.54) is 24.3 Å². The number of amides is 1. The molecule has 0 fully saturated rings. The quantitative estimate of drug-likeness (QED) is 0.632. The molecule has 0 aliphatic carbocycles. The van der Waals surface area contributed by atoms with Gasteiger partial charge in [0.15, 0.2) is 11.5 Å². The van der Waals surface area contributed by atoms with E-state index in [9.17, 15) is 19.4 Å². The molecule has 21 heavy (non-hydrogen) atoms. The standard InChI is InChI=1S/C14H14FN3O3/c15-9-2-4-13(17-7-9)18-14(21)10(16)5-8-1-3-11(19)12(20)6-8/h1-4,6-7,10,19-20H,5,16H2,(H,17,18,21)/t10-/m0/s1. The van der Waals surface area contributed by atoms with Crippen molar-refractivity contribution in [2.75, 3.05) is 5.32 Å². The van der Waals surface area contributed by atoms with Crippen LogP contribution in [0.25, 0.3) is 0 Å². The number of nitrogens with zero attached hydrogens (tertiary/aromatic N) is 1. The van der Waals surface area contributed by atoms with E-state index in [2.05, 4.69) is 10.3 Å². The van der Waals surface area contributed by atoms with E-state index in [0.29, 0.717) is 5.56 Å². The van der Waals surface area contributed by atoms with Gasteiger partial charge in [0.05, 0.1) is 12.2 Å². The highest BCUT2D eigenvalue weighted by molar-refractivity contribution is 5.94. The molecule has 1 heterocycles. The second-order valence-electron chi connectivity index (χ2n) is 4.48. The smallest absolute Gasteiger partial charge is 0.242 e. The van der Waals surface area contributed by atoms with Crippen molar-refractivity contribution in [2.45, 2.75) is 12.5 Å². The number of aromatic hydroxyl groups is 2. The number of carbonyl (C=O) groups is 1. The van der Waals surface area contributed by atoms with Crippen LogP contribution in [-0.4, -0.2) is 27.1 Å². The molecule has 0 bridgehead atoms. The molecule has 0 aliphatic rings. The second kappa shape index (κ2) is 6.19. The maximum absolute atomic E-state index is 12.7. The number of carbonyl (C=O) groups excluding carboxylic acids is 1. The number of benzene rings is 1. The van der Waals surface area contributed by atoms with Crippen molar-refractivity contribution in [3.8, 4) is 11.5 Å². The van der Waals surface area contributed by atoms with Crippen LogP contribution in [0.2, 0.25) is 0 Å². The number of nitrogens with one attached hydrogen (secondary N) is 1. The molecule has 0 unspecified atom stereocenters. The van der Waals surface area contributed by atoms with E-state index >= 15 is 0 Å². The van der Waals surface area contributed by atoms with Crippen molar-refractivity contribution in [1.29, 1.82) is 0 Å². The molecule has 110 valence electrons. The minimum atomic E-state index is -0.874. The summed E-state index contributed by atoms with van der Waals surface area (Å²) in [7, 11) is 0. The zero-order valence-corrected chi connectivity index (χ0v) is 11.0. The van der Waals surface area contributed by atoms with Crippen LogP contribution in [0.4, 0.5) is 10.2 Å². The van der Waals surface area contributed by atoms with E-state index in [0.717, 1.165) is 6.20 Å². The van der Waals surface area contributed by atoms with Crippen LogP contribution in [-0.2, 0) is 11.2 Å². The van der Waals surface area contributed by atoms with Gasteiger partial charge >= 0.3 is 0 Å². The molecular formula is C14H14FN3O3. The molecule has 0 radical (unpaired) electrons. The summed E-state index contributed by atoms with van der Waals surface area (Å²) in [5, 5.41) is 21.0. The largest absolute Gasteiger partial charge is 0.504 e. The summed E-state index contributed by atoms with van der Waals surface area (Å²) >= 11 is 0. The molecule has 1 aromatic carbocycles. The van der Waals surface area contributed by atoms with Crippen LogP contribution in [0.15, 0.2) is 36.5 Å². The lowest BCUT2D eigenvalue weighted by Crippen LogP contribution is -2.37. The third-order valence-electron chi connectivity index (χ3n) is 2.81. The number of phenols is 2. The molecule has 1 amide bonds. The molecule has 0 spiro atoms. The Morgan fingerprint density at radius 2 is 2.05 bits per heavy atom. The van der Waals surface area contributed by atoms with E-state index in [-0.39, 0.29) is 23.7 Å². The second-order valence-corrected chi connectivity index (χ2v) is 4.48. The number of anilines is 1. The summed E-state index contributed by atoms with van der Waals surface area (Å²) in [5.41, 5.74) is 6.35. The Bertz CT molecular complexity index is 646. The SMILES string of the molecule is N[C@@H](Cc1ccc(O)c(O)c1)C(=O)Nc1ccc(F)cn1. The zero-order valence-electron chi connectivity index (χ0n) is 11.0. The first-order valence-electron chi connectivity index (χ1n) is 6.14. The lowest BCUT2D eigenvalue weighted by atomic mass is 10.1. The van der Waals surface area contributed by atoms with Gasteiger partial charge in [-0.25, -0.2) is 9.37 Å². The summed E-state index contributed by atoms with van der Waals surface area (Å²) < 4.78 is 12.7. The van der Waals surface area contributed by atoms with E-state index in [1.54, 1.807) is 6.07 Å². The highest BCUT2D eigenvalue weighted by Crippen LogP contribution is 2.25. The fraction of sp³-hybridized carbons (Fsp3) is 0.143. The van der Waals surface area contributed by atoms with E-state index < -0.39 is 17.8 Å². The highest BCUT2D eigenvalue weighted by atomic mass is 19.1. The van der Waals surface area contributed by atoms with Gasteiger partial charge in [-0.1, -0.05) is 6.07 Å². The first-order valence-corrected chi connectivity index (χ1v) is 6.14. The minimum absolute atomic E-state index is 0.168. The Morgan fingerprint density at radius 1 is 1.29 bits per heavy atom. The lowest BCUT2D eigenvalue weighted by molar-refractivity contribution is -0.117. The zero-order chi connectivity index (χ0) is 15.4. The molecule has 5 N–H and O–H groups in total. The number of nitrogens with two attached hydrogens (primary N) is 1. The van der Waals surface area contributed by atoms with Crippen LogP contribution < -0.4 is 11.1 Å². The number of phenolic OH excluding ortho intramolecular Hbond substituents is 2. The Hall–Kier alpha value is -2.67. The molecule has 0 saturated heterocycles. The number of hydrogen-bond acceptors (Lipinski definition) is 5. The molecule has 1 atom stereocenters. The van der Waals surface area contributed by atoms with Gasteiger partial charge in [-0.15, -0.1) is 0 Å². The van der Waals surface area contributed by atoms with Gasteiger partial charge in [0.1, 0.15) is 11.6 Å². The van der Waals surface area contributed by atoms with Gasteiger partial charge in [0.2, 0.25) is 5.91 Å². The van der Waals surface area contributed by atoms with Gasteiger partial charge in [-0.3, -0.25) is 4.79 Å². The summed E-state index contributed by atoms with van der Waals surface area (Å²) in [6.45, 7) is 0. The Labute approximate surface area is 120 Å². The van der Waals surface area contributed by atoms with Gasteiger partial charge in [0, 0.05) is 0 Å². The Morgan fingerprint density at radius 3 is 2.67 bits per heavy atom. The van der Waals surface area contributed by atoms with Crippen LogP contribution in [0, 0.1) is 5.82 Å². The summed E-state index contributed by atoms with van der Waals surface area (Å²) in [6.07, 6.45) is 1.15. The first-order chi connectivity index (χ1) is 9.95. The van der Waals surface area contributed by atoms with Gasteiger partial charge in [-0.2, -0.15) is 0 Å². The average Bonchev–Trinajstić information content (AvgIpc) is 2.45. The number of pyridine rings is 1. The van der Waals surface area contributed by atoms with Gasteiger partial charge < -0.3 is 21.3 Å². The van der Waals surface area contributed by atoms with Crippen molar-refractivity contribution < 1.29 is 19.4 Å². The molecule has 0 saturated carbocycles. The Balaban J connectivity index is 1.98. The molecule has 7 heteroatoms. The molecule has 1 aromatic heterocycles. The summed E-state index contributed by atoms with van der Waals surface area (Å²) in [5.74, 6) is -1.31. The van der Waals surface area contributed by atoms with Crippen LogP contribution in [0.1, 0.15) is 5.56 Å².